The first-order chi connectivity index (χ1) is 11.3. The van der Waals surface area contributed by atoms with E-state index < -0.39 is 24.0 Å². The molecule has 130 valence electrons. The number of carbonyl (C=O) groups is 2. The quantitative estimate of drug-likeness (QED) is 0.904. The minimum atomic E-state index is -1.30. The van der Waals surface area contributed by atoms with Crippen molar-refractivity contribution in [3.8, 4) is 0 Å². The third-order valence-electron chi connectivity index (χ3n) is 4.35. The summed E-state index contributed by atoms with van der Waals surface area (Å²) in [7, 11) is 0. The van der Waals surface area contributed by atoms with Crippen molar-refractivity contribution in [3.63, 3.8) is 0 Å². The van der Waals surface area contributed by atoms with Gasteiger partial charge in [-0.3, -0.25) is 4.79 Å². The second-order valence-corrected chi connectivity index (χ2v) is 7.00. The van der Waals surface area contributed by atoms with Crippen molar-refractivity contribution >= 4 is 23.5 Å². The number of hydrogen-bond donors (Lipinski definition) is 1. The van der Waals surface area contributed by atoms with Gasteiger partial charge < -0.3 is 19.5 Å². The lowest BCUT2D eigenvalue weighted by Gasteiger charge is -2.28. The van der Waals surface area contributed by atoms with Gasteiger partial charge in [-0.05, 0) is 44.4 Å². The zero-order valence-corrected chi connectivity index (χ0v) is 14.3. The molecule has 1 N–H and O–H groups in total. The van der Waals surface area contributed by atoms with E-state index in [1.807, 2.05) is 18.2 Å². The van der Waals surface area contributed by atoms with Crippen LogP contribution in [-0.4, -0.2) is 46.4 Å². The van der Waals surface area contributed by atoms with Gasteiger partial charge in [0, 0.05) is 11.6 Å². The van der Waals surface area contributed by atoms with Crippen LogP contribution in [0.3, 0.4) is 0 Å². The molecule has 0 aromatic heterocycles. The third-order valence-corrected chi connectivity index (χ3v) is 4.59. The van der Waals surface area contributed by atoms with Gasteiger partial charge in [0.2, 0.25) is 0 Å². The van der Waals surface area contributed by atoms with Crippen LogP contribution in [0.1, 0.15) is 38.3 Å². The van der Waals surface area contributed by atoms with Crippen molar-refractivity contribution in [3.05, 3.63) is 34.9 Å². The summed E-state index contributed by atoms with van der Waals surface area (Å²) in [6.07, 6.45) is -0.788. The van der Waals surface area contributed by atoms with Crippen LogP contribution in [0, 0.1) is 0 Å². The van der Waals surface area contributed by atoms with Crippen molar-refractivity contribution in [2.45, 2.75) is 50.7 Å². The number of nitrogens with zero attached hydrogens (tertiary/aromatic N) is 1. The summed E-state index contributed by atoms with van der Waals surface area (Å²) in [5, 5.41) is 9.94. The highest BCUT2D eigenvalue weighted by atomic mass is 35.5. The maximum Gasteiger partial charge on any atom is 0.336 e. The highest BCUT2D eigenvalue weighted by molar-refractivity contribution is 6.30. The Balaban J connectivity index is 1.84. The summed E-state index contributed by atoms with van der Waals surface area (Å²) < 4.78 is 11.0. The molecule has 2 fully saturated rings. The fraction of sp³-hybridized carbons (Fsp3) is 0.529. The highest BCUT2D eigenvalue weighted by Crippen LogP contribution is 2.36. The van der Waals surface area contributed by atoms with Gasteiger partial charge in [-0.15, -0.1) is 0 Å². The molecule has 2 unspecified atom stereocenters. The van der Waals surface area contributed by atoms with Crippen LogP contribution >= 0.6 is 11.6 Å². The zero-order chi connectivity index (χ0) is 17.5. The molecule has 2 aliphatic heterocycles. The minimum absolute atomic E-state index is 0.127. The molecule has 0 saturated carbocycles. The SMILES string of the molecule is CC1(C)OC(C(=O)O)[C@H](C(=O)N2CCCC2c2cccc(Cl)c2)O1. The van der Waals surface area contributed by atoms with Gasteiger partial charge in [0.15, 0.2) is 18.0 Å². The molecule has 0 aliphatic carbocycles. The average Bonchev–Trinajstić information content (AvgIpc) is 3.10. The molecule has 3 rings (SSSR count). The molecule has 1 aromatic carbocycles. The number of aliphatic carboxylic acids is 1. The number of likely N-dealkylation sites (tertiary alicyclic amines) is 1. The Kier molecular flexibility index (Phi) is 4.55. The second kappa shape index (κ2) is 6.35. The largest absolute Gasteiger partial charge is 0.479 e. The number of hydrogen-bond acceptors (Lipinski definition) is 4. The second-order valence-electron chi connectivity index (χ2n) is 6.56. The molecular formula is C17H20ClNO5. The Morgan fingerprint density at radius 3 is 2.67 bits per heavy atom. The van der Waals surface area contributed by atoms with Gasteiger partial charge in [-0.1, -0.05) is 23.7 Å². The Labute approximate surface area is 145 Å². The number of ether oxygens (including phenoxy) is 2. The molecule has 7 heteroatoms. The number of carbonyl (C=O) groups excluding carboxylic acids is 1. The summed E-state index contributed by atoms with van der Waals surface area (Å²) in [5.41, 5.74) is 0.943. The number of rotatable bonds is 3. The predicted octanol–water partition coefficient (Wildman–Crippen LogP) is 2.61. The van der Waals surface area contributed by atoms with Gasteiger partial charge >= 0.3 is 5.97 Å². The number of amides is 1. The van der Waals surface area contributed by atoms with E-state index >= 15 is 0 Å². The summed E-state index contributed by atoms with van der Waals surface area (Å²) in [4.78, 5) is 26.0. The normalized spacial score (nSPS) is 29.0. The van der Waals surface area contributed by atoms with Crippen molar-refractivity contribution in [1.29, 1.82) is 0 Å². The summed E-state index contributed by atoms with van der Waals surface area (Å²) in [5.74, 6) is -2.65. The number of halogens is 1. The van der Waals surface area contributed by atoms with Gasteiger partial charge in [0.25, 0.3) is 5.91 Å². The average molecular weight is 354 g/mol. The van der Waals surface area contributed by atoms with E-state index in [1.165, 1.54) is 0 Å². The molecule has 0 bridgehead atoms. The summed E-state index contributed by atoms with van der Waals surface area (Å²) in [6.45, 7) is 3.77. The topological polar surface area (TPSA) is 76.1 Å². The van der Waals surface area contributed by atoms with Crippen LogP contribution in [0.15, 0.2) is 24.3 Å². The van der Waals surface area contributed by atoms with E-state index in [-0.39, 0.29) is 11.9 Å². The molecular weight excluding hydrogens is 334 g/mol. The van der Waals surface area contributed by atoms with Crippen molar-refractivity contribution in [2.24, 2.45) is 0 Å². The van der Waals surface area contributed by atoms with E-state index in [0.29, 0.717) is 11.6 Å². The van der Waals surface area contributed by atoms with E-state index in [4.69, 9.17) is 21.1 Å². The Morgan fingerprint density at radius 1 is 1.29 bits per heavy atom. The lowest BCUT2D eigenvalue weighted by molar-refractivity contribution is -0.167. The van der Waals surface area contributed by atoms with Crippen LogP contribution in [-0.2, 0) is 19.1 Å². The van der Waals surface area contributed by atoms with Gasteiger partial charge in [0.1, 0.15) is 0 Å². The van der Waals surface area contributed by atoms with Crippen molar-refractivity contribution in [1.82, 2.24) is 4.90 Å². The summed E-state index contributed by atoms with van der Waals surface area (Å²) >= 11 is 6.05. The smallest absolute Gasteiger partial charge is 0.336 e. The first-order valence-electron chi connectivity index (χ1n) is 7.93. The fourth-order valence-electron chi connectivity index (χ4n) is 3.38. The molecule has 1 aromatic rings. The van der Waals surface area contributed by atoms with E-state index in [0.717, 1.165) is 18.4 Å². The molecule has 0 spiro atoms. The maximum atomic E-state index is 12.9. The van der Waals surface area contributed by atoms with Crippen LogP contribution in [0.2, 0.25) is 5.02 Å². The first kappa shape index (κ1) is 17.2. The van der Waals surface area contributed by atoms with Gasteiger partial charge in [0.05, 0.1) is 6.04 Å². The van der Waals surface area contributed by atoms with Gasteiger partial charge in [-0.25, -0.2) is 4.79 Å². The summed E-state index contributed by atoms with van der Waals surface area (Å²) in [6, 6.07) is 7.26. The van der Waals surface area contributed by atoms with E-state index in [2.05, 4.69) is 0 Å². The third kappa shape index (κ3) is 3.27. The first-order valence-corrected chi connectivity index (χ1v) is 8.31. The Morgan fingerprint density at radius 2 is 2.00 bits per heavy atom. The molecule has 24 heavy (non-hydrogen) atoms. The van der Waals surface area contributed by atoms with Crippen LogP contribution in [0.25, 0.3) is 0 Å². The lowest BCUT2D eigenvalue weighted by atomic mass is 10.0. The zero-order valence-electron chi connectivity index (χ0n) is 13.6. The highest BCUT2D eigenvalue weighted by Gasteiger charge is 2.51. The van der Waals surface area contributed by atoms with Crippen molar-refractivity contribution < 1.29 is 24.2 Å². The molecule has 0 radical (unpaired) electrons. The van der Waals surface area contributed by atoms with Crippen molar-refractivity contribution in [2.75, 3.05) is 6.54 Å². The molecule has 3 atom stereocenters. The minimum Gasteiger partial charge on any atom is -0.479 e. The Hall–Kier alpha value is -1.63. The van der Waals surface area contributed by atoms with Crippen LogP contribution < -0.4 is 0 Å². The molecule has 2 aliphatic rings. The molecule has 2 heterocycles. The number of carboxylic acid groups (broad SMARTS) is 1. The molecule has 6 nitrogen and oxygen atoms in total. The van der Waals surface area contributed by atoms with Gasteiger partial charge in [-0.2, -0.15) is 0 Å². The predicted molar refractivity (Wildman–Crippen MR) is 86.6 cm³/mol. The van der Waals surface area contributed by atoms with E-state index in [1.54, 1.807) is 24.8 Å². The molecule has 2 saturated heterocycles. The van der Waals surface area contributed by atoms with E-state index in [9.17, 15) is 14.7 Å². The monoisotopic (exact) mass is 353 g/mol. The van der Waals surface area contributed by atoms with Crippen LogP contribution in [0.4, 0.5) is 0 Å². The fourth-order valence-corrected chi connectivity index (χ4v) is 3.58. The maximum absolute atomic E-state index is 12.9. The standard InChI is InChI=1S/C17H20ClNO5/c1-17(2)23-13(14(24-17)16(21)22)15(20)19-8-4-7-12(19)10-5-3-6-11(18)9-10/h3,5-6,9,12-14H,4,7-8H2,1-2H3,(H,21,22)/t12?,13-,14?/m1/s1. The lowest BCUT2D eigenvalue weighted by Crippen LogP contribution is -2.46. The number of carboxylic acids is 1. The molecule has 1 amide bonds. The van der Waals surface area contributed by atoms with Crippen LogP contribution in [0.5, 0.6) is 0 Å². The Bertz CT molecular complexity index is 662. The number of benzene rings is 1.